The van der Waals surface area contributed by atoms with Gasteiger partial charge in [0.05, 0.1) is 10.6 Å². The molecule has 32 heavy (non-hydrogen) atoms. The Morgan fingerprint density at radius 3 is 2.25 bits per heavy atom. The fraction of sp³-hybridized carbons (Fsp3) is 0. The molecule has 0 fully saturated rings. The van der Waals surface area contributed by atoms with Gasteiger partial charge in [0.1, 0.15) is 23.8 Å². The molecule has 4 aromatic rings. The number of benzene rings is 2. The maximum atomic E-state index is 13.7. The molecule has 0 spiro atoms. The van der Waals surface area contributed by atoms with Gasteiger partial charge in [-0.2, -0.15) is 4.39 Å². The fourth-order valence-electron chi connectivity index (χ4n) is 2.79. The molecule has 3 N–H and O–H groups in total. The summed E-state index contributed by atoms with van der Waals surface area (Å²) in [6.07, 6.45) is 2.62. The van der Waals surface area contributed by atoms with Crippen LogP contribution in [0, 0.1) is 11.8 Å². The van der Waals surface area contributed by atoms with Gasteiger partial charge >= 0.3 is 0 Å². The number of pyridine rings is 1. The first-order chi connectivity index (χ1) is 15.5. The predicted octanol–water partition coefficient (Wildman–Crippen LogP) is 5.54. The van der Waals surface area contributed by atoms with Crippen molar-refractivity contribution < 1.29 is 13.6 Å². The van der Waals surface area contributed by atoms with E-state index >= 15 is 0 Å². The minimum Gasteiger partial charge on any atom is -0.340 e. The van der Waals surface area contributed by atoms with Crippen LogP contribution in [0.2, 0.25) is 5.02 Å². The van der Waals surface area contributed by atoms with Crippen LogP contribution in [0.4, 0.5) is 37.5 Å². The Morgan fingerprint density at radius 1 is 0.812 bits per heavy atom. The van der Waals surface area contributed by atoms with Crippen molar-refractivity contribution in [2.24, 2.45) is 0 Å². The van der Waals surface area contributed by atoms with E-state index in [2.05, 4.69) is 30.9 Å². The van der Waals surface area contributed by atoms with Crippen molar-refractivity contribution in [1.82, 2.24) is 15.0 Å². The van der Waals surface area contributed by atoms with Crippen molar-refractivity contribution in [3.63, 3.8) is 0 Å². The smallest absolute Gasteiger partial charge is 0.260 e. The fourth-order valence-corrected chi connectivity index (χ4v) is 2.97. The summed E-state index contributed by atoms with van der Waals surface area (Å²) in [5, 5.41) is 8.74. The molecule has 0 bridgehead atoms. The maximum absolute atomic E-state index is 13.7. The molecule has 4 rings (SSSR count). The molecule has 0 saturated heterocycles. The number of amides is 1. The lowest BCUT2D eigenvalue weighted by Gasteiger charge is -2.11. The number of carbonyl (C=O) groups excluding carboxylic acids is 1. The molecule has 7 nitrogen and oxygen atoms in total. The highest BCUT2D eigenvalue weighted by molar-refractivity contribution is 6.31. The topological polar surface area (TPSA) is 91.8 Å². The summed E-state index contributed by atoms with van der Waals surface area (Å²) in [6.45, 7) is 0. The number of halogens is 3. The van der Waals surface area contributed by atoms with Gasteiger partial charge in [-0.25, -0.2) is 19.3 Å². The summed E-state index contributed by atoms with van der Waals surface area (Å²) >= 11 is 5.80. The second kappa shape index (κ2) is 9.36. The second-order valence-corrected chi connectivity index (χ2v) is 6.95. The highest BCUT2D eigenvalue weighted by Gasteiger charge is 2.12. The zero-order valence-electron chi connectivity index (χ0n) is 16.3. The van der Waals surface area contributed by atoms with E-state index in [0.29, 0.717) is 28.7 Å². The summed E-state index contributed by atoms with van der Waals surface area (Å²) < 4.78 is 27.0. The molecular formula is C22H15ClF2N6O. The highest BCUT2D eigenvalue weighted by atomic mass is 35.5. The first kappa shape index (κ1) is 21.1. The van der Waals surface area contributed by atoms with E-state index in [1.807, 2.05) is 0 Å². The zero-order chi connectivity index (χ0) is 22.5. The third kappa shape index (κ3) is 5.13. The van der Waals surface area contributed by atoms with Crippen LogP contribution in [0.15, 0.2) is 73.2 Å². The summed E-state index contributed by atoms with van der Waals surface area (Å²) in [6, 6.07) is 15.5. The number of nitrogens with one attached hydrogen (secondary N) is 3. The Morgan fingerprint density at radius 2 is 1.53 bits per heavy atom. The van der Waals surface area contributed by atoms with Crippen molar-refractivity contribution in [3.05, 3.63) is 95.5 Å². The van der Waals surface area contributed by atoms with Gasteiger partial charge < -0.3 is 16.0 Å². The highest BCUT2D eigenvalue weighted by Crippen LogP contribution is 2.24. The molecule has 0 aliphatic heterocycles. The van der Waals surface area contributed by atoms with Crippen molar-refractivity contribution in [2.75, 3.05) is 16.0 Å². The molecule has 10 heteroatoms. The van der Waals surface area contributed by atoms with Crippen LogP contribution in [0.1, 0.15) is 10.4 Å². The summed E-state index contributed by atoms with van der Waals surface area (Å²) in [7, 11) is 0. The SMILES string of the molecule is O=C(Nc1cccc(Nc2cc(Nc3ccc(F)c(Cl)c3)ncn2)c1)c1cccnc1F. The van der Waals surface area contributed by atoms with E-state index in [1.165, 1.54) is 42.9 Å². The van der Waals surface area contributed by atoms with E-state index in [-0.39, 0.29) is 10.6 Å². The zero-order valence-corrected chi connectivity index (χ0v) is 17.1. The Labute approximate surface area is 186 Å². The van der Waals surface area contributed by atoms with Gasteiger partial charge in [-0.05, 0) is 48.5 Å². The molecule has 0 atom stereocenters. The monoisotopic (exact) mass is 452 g/mol. The summed E-state index contributed by atoms with van der Waals surface area (Å²) in [4.78, 5) is 24.1. The number of hydrogen-bond donors (Lipinski definition) is 3. The van der Waals surface area contributed by atoms with Crippen LogP contribution in [-0.2, 0) is 0 Å². The number of carbonyl (C=O) groups is 1. The van der Waals surface area contributed by atoms with Crippen LogP contribution in [0.3, 0.4) is 0 Å². The van der Waals surface area contributed by atoms with Gasteiger partial charge in [0, 0.05) is 29.3 Å². The number of nitrogens with zero attached hydrogens (tertiary/aromatic N) is 3. The molecule has 0 aliphatic carbocycles. The molecule has 2 aromatic heterocycles. The quantitative estimate of drug-likeness (QED) is 0.332. The van der Waals surface area contributed by atoms with Crippen molar-refractivity contribution in [1.29, 1.82) is 0 Å². The molecule has 2 heterocycles. The Kier molecular flexibility index (Phi) is 6.18. The van der Waals surface area contributed by atoms with E-state index in [1.54, 1.807) is 30.3 Å². The molecule has 0 unspecified atom stereocenters. The standard InChI is InChI=1S/C22H15ClF2N6O/c23-17-10-15(6-7-18(17)24)30-20-11-19(27-12-28-20)29-13-3-1-4-14(9-13)31-22(32)16-5-2-8-26-21(16)25/h1-12H,(H,31,32)(H2,27,28,29,30). The van der Waals surface area contributed by atoms with Gasteiger partial charge in [0.2, 0.25) is 5.95 Å². The van der Waals surface area contributed by atoms with Crippen LogP contribution in [0.5, 0.6) is 0 Å². The van der Waals surface area contributed by atoms with Gasteiger partial charge in [-0.3, -0.25) is 4.79 Å². The van der Waals surface area contributed by atoms with E-state index in [4.69, 9.17) is 11.6 Å². The molecule has 0 radical (unpaired) electrons. The molecular weight excluding hydrogens is 438 g/mol. The third-order valence-corrected chi connectivity index (χ3v) is 4.55. The average Bonchev–Trinajstić information content (AvgIpc) is 2.77. The lowest BCUT2D eigenvalue weighted by atomic mass is 10.2. The normalized spacial score (nSPS) is 10.5. The predicted molar refractivity (Wildman–Crippen MR) is 119 cm³/mol. The van der Waals surface area contributed by atoms with Gasteiger partial charge in [0.25, 0.3) is 5.91 Å². The van der Waals surface area contributed by atoms with Crippen LogP contribution in [-0.4, -0.2) is 20.9 Å². The van der Waals surface area contributed by atoms with Crippen LogP contribution in [0.25, 0.3) is 0 Å². The number of rotatable bonds is 6. The average molecular weight is 453 g/mol. The van der Waals surface area contributed by atoms with Crippen molar-refractivity contribution >= 4 is 46.2 Å². The molecule has 160 valence electrons. The lowest BCUT2D eigenvalue weighted by Crippen LogP contribution is -2.14. The third-order valence-electron chi connectivity index (χ3n) is 4.26. The minimum atomic E-state index is -0.845. The Bertz CT molecular complexity index is 1290. The minimum absolute atomic E-state index is 0.00701. The largest absolute Gasteiger partial charge is 0.340 e. The van der Waals surface area contributed by atoms with E-state index in [9.17, 15) is 13.6 Å². The van der Waals surface area contributed by atoms with Gasteiger partial charge in [-0.1, -0.05) is 17.7 Å². The van der Waals surface area contributed by atoms with E-state index < -0.39 is 17.7 Å². The van der Waals surface area contributed by atoms with Gasteiger partial charge in [0.15, 0.2) is 0 Å². The van der Waals surface area contributed by atoms with Crippen molar-refractivity contribution in [3.8, 4) is 0 Å². The lowest BCUT2D eigenvalue weighted by molar-refractivity contribution is 0.102. The molecule has 0 saturated carbocycles. The van der Waals surface area contributed by atoms with Gasteiger partial charge in [-0.15, -0.1) is 0 Å². The maximum Gasteiger partial charge on any atom is 0.260 e. The molecule has 1 amide bonds. The molecule has 0 aliphatic rings. The van der Waals surface area contributed by atoms with E-state index in [0.717, 1.165) is 0 Å². The Hall–Kier alpha value is -4.11. The Balaban J connectivity index is 1.46. The first-order valence-electron chi connectivity index (χ1n) is 9.31. The summed E-state index contributed by atoms with van der Waals surface area (Å²) in [5.74, 6) is -1.04. The summed E-state index contributed by atoms with van der Waals surface area (Å²) in [5.41, 5.74) is 1.49. The second-order valence-electron chi connectivity index (χ2n) is 6.54. The first-order valence-corrected chi connectivity index (χ1v) is 9.69. The number of anilines is 5. The number of aromatic nitrogens is 3. The molecule has 2 aromatic carbocycles. The van der Waals surface area contributed by atoms with Crippen LogP contribution < -0.4 is 16.0 Å². The number of hydrogen-bond acceptors (Lipinski definition) is 6. The van der Waals surface area contributed by atoms with Crippen LogP contribution >= 0.6 is 11.6 Å². The van der Waals surface area contributed by atoms with Crippen molar-refractivity contribution in [2.45, 2.75) is 0 Å².